The molecule has 4 aromatic rings. The van der Waals surface area contributed by atoms with Crippen molar-refractivity contribution in [3.63, 3.8) is 0 Å². The van der Waals surface area contributed by atoms with Gasteiger partial charge in [0.15, 0.2) is 0 Å². The van der Waals surface area contributed by atoms with E-state index in [1.54, 1.807) is 24.3 Å². The molecule has 5 rings (SSSR count). The third-order valence-corrected chi connectivity index (χ3v) is 5.75. The normalized spacial score (nSPS) is 14.3. The van der Waals surface area contributed by atoms with E-state index in [-0.39, 0.29) is 11.3 Å². The lowest BCUT2D eigenvalue weighted by atomic mass is 10.2. The summed E-state index contributed by atoms with van der Waals surface area (Å²) in [5.41, 5.74) is 0.511. The molecule has 174 valence electrons. The largest absolute Gasteiger partial charge is 0.493 e. The Morgan fingerprint density at radius 3 is 2.38 bits per heavy atom. The van der Waals surface area contributed by atoms with Crippen molar-refractivity contribution in [2.45, 2.75) is 0 Å². The van der Waals surface area contributed by atoms with Crippen molar-refractivity contribution in [1.29, 1.82) is 0 Å². The number of nitrogens with zero attached hydrogens (tertiary/aromatic N) is 3. The van der Waals surface area contributed by atoms with E-state index in [9.17, 15) is 19.5 Å². The van der Waals surface area contributed by atoms with Crippen molar-refractivity contribution in [3.8, 4) is 11.6 Å². The average molecular weight is 483 g/mol. The Bertz CT molecular complexity index is 1570. The van der Waals surface area contributed by atoms with Crippen molar-refractivity contribution in [3.05, 3.63) is 78.3 Å². The van der Waals surface area contributed by atoms with Crippen molar-refractivity contribution in [2.24, 2.45) is 4.99 Å². The van der Waals surface area contributed by atoms with Gasteiger partial charge in [0.1, 0.15) is 5.56 Å². The van der Waals surface area contributed by atoms with E-state index in [1.807, 2.05) is 0 Å². The second kappa shape index (κ2) is 8.69. The third-order valence-electron chi connectivity index (χ3n) is 5.50. The number of nitrogens with one attached hydrogen (secondary N) is 3. The maximum absolute atomic E-state index is 12.5. The van der Waals surface area contributed by atoms with E-state index in [0.717, 1.165) is 10.3 Å². The summed E-state index contributed by atoms with van der Waals surface area (Å²) < 4.78 is 6.38. The third kappa shape index (κ3) is 4.02. The molecule has 0 amide bonds. The number of aromatic nitrogens is 4. The highest BCUT2D eigenvalue weighted by Crippen LogP contribution is 2.33. The maximum atomic E-state index is 12.5. The number of hydrogen-bond acceptors (Lipinski definition) is 7. The predicted octanol–water partition coefficient (Wildman–Crippen LogP) is 1.64. The minimum absolute atomic E-state index is 0.204. The van der Waals surface area contributed by atoms with Crippen molar-refractivity contribution in [2.75, 3.05) is 31.2 Å². The summed E-state index contributed by atoms with van der Waals surface area (Å²) in [4.78, 5) is 50.8. The molecule has 2 aromatic heterocycles. The van der Waals surface area contributed by atoms with Crippen LogP contribution in [0.3, 0.4) is 0 Å². The second-order valence-corrected chi connectivity index (χ2v) is 8.07. The van der Waals surface area contributed by atoms with Crippen LogP contribution in [0.25, 0.3) is 16.7 Å². The molecule has 0 radical (unpaired) electrons. The first-order valence-corrected chi connectivity index (χ1v) is 10.8. The Morgan fingerprint density at radius 2 is 1.68 bits per heavy atom. The lowest BCUT2D eigenvalue weighted by molar-refractivity contribution is 0.123. The van der Waals surface area contributed by atoms with Crippen LogP contribution in [-0.4, -0.2) is 57.1 Å². The lowest BCUT2D eigenvalue weighted by Crippen LogP contribution is -2.36. The molecular weight excluding hydrogens is 464 g/mol. The van der Waals surface area contributed by atoms with E-state index >= 15 is 0 Å². The van der Waals surface area contributed by atoms with Crippen LogP contribution < -0.4 is 21.8 Å². The molecule has 0 bridgehead atoms. The number of hydrogen-bond donors (Lipinski definition) is 4. The Balaban J connectivity index is 1.63. The average Bonchev–Trinajstić information content (AvgIpc) is 3.19. The number of ether oxygens (including phenoxy) is 1. The second-order valence-electron chi connectivity index (χ2n) is 7.63. The molecule has 11 nitrogen and oxygen atoms in total. The van der Waals surface area contributed by atoms with Gasteiger partial charge in [-0.2, -0.15) is 0 Å². The summed E-state index contributed by atoms with van der Waals surface area (Å²) >= 11 is 5.91. The number of morpholine rings is 1. The molecule has 1 aliphatic rings. The van der Waals surface area contributed by atoms with Crippen molar-refractivity contribution >= 4 is 40.2 Å². The maximum Gasteiger partial charge on any atom is 0.335 e. The van der Waals surface area contributed by atoms with Crippen LogP contribution in [0.4, 0.5) is 11.4 Å². The van der Waals surface area contributed by atoms with Crippen LogP contribution in [0, 0.1) is 0 Å². The van der Waals surface area contributed by atoms with E-state index in [2.05, 4.69) is 24.8 Å². The number of imidazole rings is 1. The zero-order valence-electron chi connectivity index (χ0n) is 17.7. The number of H-pyrrole nitrogens is 3. The van der Waals surface area contributed by atoms with Gasteiger partial charge < -0.3 is 24.7 Å². The Kier molecular flexibility index (Phi) is 5.56. The fourth-order valence-electron chi connectivity index (χ4n) is 3.84. The van der Waals surface area contributed by atoms with Crippen LogP contribution in [0.5, 0.6) is 5.88 Å². The van der Waals surface area contributed by atoms with Crippen LogP contribution in [0.2, 0.25) is 5.02 Å². The highest BCUT2D eigenvalue weighted by molar-refractivity contribution is 6.30. The lowest BCUT2D eigenvalue weighted by Gasteiger charge is -2.29. The fourth-order valence-corrected chi connectivity index (χ4v) is 3.97. The van der Waals surface area contributed by atoms with Gasteiger partial charge in [-0.3, -0.25) is 14.8 Å². The number of rotatable bonds is 4. The summed E-state index contributed by atoms with van der Waals surface area (Å²) in [7, 11) is 0. The molecule has 1 aliphatic heterocycles. The number of halogens is 1. The quantitative estimate of drug-likeness (QED) is 0.325. The van der Waals surface area contributed by atoms with Crippen LogP contribution in [0.15, 0.2) is 55.8 Å². The monoisotopic (exact) mass is 482 g/mol. The molecule has 4 N–H and O–H groups in total. The van der Waals surface area contributed by atoms with Gasteiger partial charge in [-0.25, -0.2) is 14.2 Å². The first-order valence-electron chi connectivity index (χ1n) is 10.4. The van der Waals surface area contributed by atoms with Crippen LogP contribution >= 0.6 is 11.6 Å². The van der Waals surface area contributed by atoms with Gasteiger partial charge in [0, 0.05) is 24.3 Å². The van der Waals surface area contributed by atoms with Gasteiger partial charge in [-0.05, 0) is 36.4 Å². The van der Waals surface area contributed by atoms with Gasteiger partial charge in [-0.15, -0.1) is 0 Å². The smallest absolute Gasteiger partial charge is 0.335 e. The van der Waals surface area contributed by atoms with Gasteiger partial charge in [0.2, 0.25) is 5.88 Å². The molecule has 0 unspecified atom stereocenters. The Labute approximate surface area is 195 Å². The van der Waals surface area contributed by atoms with Crippen LogP contribution in [0.1, 0.15) is 5.56 Å². The summed E-state index contributed by atoms with van der Waals surface area (Å²) in [5.74, 6) is -0.566. The first kappa shape index (κ1) is 21.7. The van der Waals surface area contributed by atoms with Crippen molar-refractivity contribution < 1.29 is 9.84 Å². The molecule has 34 heavy (non-hydrogen) atoms. The first-order chi connectivity index (χ1) is 16.4. The van der Waals surface area contributed by atoms with Gasteiger partial charge in [0.05, 0.1) is 41.3 Å². The molecule has 1 fully saturated rings. The SMILES string of the molecule is O=c1[nH]c2cc(N=Cc3c(O)n(-c4ccc(Cl)cc4)c(=O)[nH]c3=O)c(N3CCOCC3)cc2[nH]1. The number of aromatic amines is 3. The molecule has 0 saturated carbocycles. The summed E-state index contributed by atoms with van der Waals surface area (Å²) in [6, 6.07) is 9.66. The summed E-state index contributed by atoms with van der Waals surface area (Å²) in [6.45, 7) is 2.32. The van der Waals surface area contributed by atoms with Crippen molar-refractivity contribution in [1.82, 2.24) is 19.5 Å². The number of anilines is 1. The summed E-state index contributed by atoms with van der Waals surface area (Å²) in [5, 5.41) is 11.2. The number of benzene rings is 2. The molecular formula is C22H19ClN6O5. The molecule has 12 heteroatoms. The number of aromatic hydroxyl groups is 1. The predicted molar refractivity (Wildman–Crippen MR) is 129 cm³/mol. The van der Waals surface area contributed by atoms with E-state index in [4.69, 9.17) is 16.3 Å². The molecule has 0 atom stereocenters. The molecule has 0 spiro atoms. The fraction of sp³-hybridized carbons (Fsp3) is 0.182. The van der Waals surface area contributed by atoms with E-state index in [1.165, 1.54) is 18.3 Å². The highest BCUT2D eigenvalue weighted by atomic mass is 35.5. The molecule has 2 aromatic carbocycles. The molecule has 0 aliphatic carbocycles. The summed E-state index contributed by atoms with van der Waals surface area (Å²) in [6.07, 6.45) is 1.19. The van der Waals surface area contributed by atoms with Gasteiger partial charge in [-0.1, -0.05) is 11.6 Å². The van der Waals surface area contributed by atoms with E-state index in [0.29, 0.717) is 53.7 Å². The zero-order chi connectivity index (χ0) is 23.8. The standard InChI is InChI=1S/C22H19ClN6O5/c23-12-1-3-13(4-2-12)29-20(31)14(19(30)27-22(29)33)11-24-17-9-15-16(26-21(32)25-15)10-18(17)28-5-7-34-8-6-28/h1-4,9-11,31H,5-8H2,(H2,25,26,32)(H,27,30,33). The topological polar surface area (TPSA) is 149 Å². The van der Waals surface area contributed by atoms with Gasteiger partial charge >= 0.3 is 11.4 Å². The molecule has 3 heterocycles. The minimum Gasteiger partial charge on any atom is -0.493 e. The Hall–Kier alpha value is -4.09. The van der Waals surface area contributed by atoms with E-state index < -0.39 is 17.1 Å². The number of aliphatic imine (C=N–C) groups is 1. The van der Waals surface area contributed by atoms with Crippen LogP contribution in [-0.2, 0) is 4.74 Å². The van der Waals surface area contributed by atoms with Gasteiger partial charge in [0.25, 0.3) is 5.56 Å². The Morgan fingerprint density at radius 1 is 1.00 bits per heavy atom. The minimum atomic E-state index is -0.803. The number of fused-ring (bicyclic) bond motifs is 1. The zero-order valence-corrected chi connectivity index (χ0v) is 18.4. The molecule has 1 saturated heterocycles. The highest BCUT2D eigenvalue weighted by Gasteiger charge is 2.18.